The van der Waals surface area contributed by atoms with Crippen LogP contribution in [0.4, 0.5) is 0 Å². The highest BCUT2D eigenvalue weighted by atomic mass is 32.3. The minimum atomic E-state index is -4.29. The highest BCUT2D eigenvalue weighted by Crippen LogP contribution is 1.92. The molecule has 0 radical (unpaired) electrons. The summed E-state index contributed by atoms with van der Waals surface area (Å²) >= 11 is 0. The number of aliphatic hydroxyl groups is 1. The Morgan fingerprint density at radius 3 is 2.30 bits per heavy atom. The Morgan fingerprint density at radius 2 is 1.90 bits per heavy atom. The van der Waals surface area contributed by atoms with Gasteiger partial charge >= 0.3 is 10.4 Å². The third kappa shape index (κ3) is 7.83. The van der Waals surface area contributed by atoms with Crippen LogP contribution < -0.4 is 0 Å². The van der Waals surface area contributed by atoms with Crippen molar-refractivity contribution < 1.29 is 22.3 Å². The van der Waals surface area contributed by atoms with Gasteiger partial charge in [-0.05, 0) is 12.8 Å². The van der Waals surface area contributed by atoms with Crippen molar-refractivity contribution in [2.24, 2.45) is 0 Å². The van der Waals surface area contributed by atoms with Crippen LogP contribution in [0.2, 0.25) is 0 Å². The first-order valence-corrected chi connectivity index (χ1v) is 4.15. The van der Waals surface area contributed by atoms with Crippen molar-refractivity contribution in [3.63, 3.8) is 0 Å². The highest BCUT2D eigenvalue weighted by Gasteiger charge is 2.01. The van der Waals surface area contributed by atoms with E-state index in [-0.39, 0.29) is 13.2 Å². The molecule has 0 aliphatic rings. The van der Waals surface area contributed by atoms with E-state index in [4.69, 9.17) is 9.66 Å². The lowest BCUT2D eigenvalue weighted by Gasteiger charge is -1.96. The summed E-state index contributed by atoms with van der Waals surface area (Å²) in [5.41, 5.74) is 0. The maximum atomic E-state index is 9.87. The van der Waals surface area contributed by atoms with Crippen molar-refractivity contribution in [2.75, 3.05) is 13.2 Å². The summed E-state index contributed by atoms with van der Waals surface area (Å²) in [6.07, 6.45) is 0.881. The van der Waals surface area contributed by atoms with Gasteiger partial charge in [0.15, 0.2) is 0 Å². The monoisotopic (exact) mass is 170 g/mol. The van der Waals surface area contributed by atoms with Gasteiger partial charge in [0.05, 0.1) is 6.61 Å². The molecule has 5 nitrogen and oxygen atoms in total. The molecule has 0 rings (SSSR count). The SMILES string of the molecule is O=S(=O)(O)OCCCCO. The predicted octanol–water partition coefficient (Wildman–Crippen LogP) is -0.422. The zero-order valence-electron chi connectivity index (χ0n) is 5.36. The molecule has 0 heterocycles. The first kappa shape index (κ1) is 9.83. The topological polar surface area (TPSA) is 83.8 Å². The molecule has 0 saturated carbocycles. The van der Waals surface area contributed by atoms with E-state index < -0.39 is 10.4 Å². The number of rotatable bonds is 5. The fourth-order valence-electron chi connectivity index (χ4n) is 0.378. The number of unbranched alkanes of at least 4 members (excludes halogenated alkanes) is 1. The van der Waals surface area contributed by atoms with E-state index in [2.05, 4.69) is 4.18 Å². The molecule has 0 amide bonds. The van der Waals surface area contributed by atoms with Crippen LogP contribution in [-0.2, 0) is 14.6 Å². The van der Waals surface area contributed by atoms with Crippen LogP contribution in [0, 0.1) is 0 Å². The molecule has 62 valence electrons. The van der Waals surface area contributed by atoms with Crippen molar-refractivity contribution in [1.29, 1.82) is 0 Å². The van der Waals surface area contributed by atoms with Crippen molar-refractivity contribution in [3.8, 4) is 0 Å². The Morgan fingerprint density at radius 1 is 1.30 bits per heavy atom. The van der Waals surface area contributed by atoms with E-state index >= 15 is 0 Å². The Kier molecular flexibility index (Phi) is 4.54. The van der Waals surface area contributed by atoms with E-state index in [9.17, 15) is 8.42 Å². The second kappa shape index (κ2) is 4.62. The molecule has 0 unspecified atom stereocenters. The van der Waals surface area contributed by atoms with Crippen LogP contribution >= 0.6 is 0 Å². The second-order valence-corrected chi connectivity index (χ2v) is 2.77. The maximum absolute atomic E-state index is 9.87. The minimum absolute atomic E-state index is 0.00512. The largest absolute Gasteiger partial charge is 0.397 e. The summed E-state index contributed by atoms with van der Waals surface area (Å²) in [6.45, 7) is -0.0891. The summed E-state index contributed by atoms with van der Waals surface area (Å²) in [5, 5.41) is 8.23. The Labute approximate surface area is 59.6 Å². The standard InChI is InChI=1S/C4H10O5S/c5-3-1-2-4-9-10(6,7)8/h5H,1-4H2,(H,6,7,8). The number of hydrogen-bond donors (Lipinski definition) is 2. The van der Waals surface area contributed by atoms with Crippen LogP contribution in [0.25, 0.3) is 0 Å². The summed E-state index contributed by atoms with van der Waals surface area (Å²) in [7, 11) is -4.29. The molecular weight excluding hydrogens is 160 g/mol. The molecule has 0 bridgehead atoms. The molecule has 6 heteroatoms. The molecule has 0 aromatic rings. The number of hydrogen-bond acceptors (Lipinski definition) is 4. The lowest BCUT2D eigenvalue weighted by atomic mass is 10.3. The smallest absolute Gasteiger partial charge is 0.396 e. The maximum Gasteiger partial charge on any atom is 0.397 e. The normalized spacial score (nSPS) is 11.8. The third-order valence-electron chi connectivity index (χ3n) is 0.785. The van der Waals surface area contributed by atoms with Crippen LogP contribution in [0.5, 0.6) is 0 Å². The average Bonchev–Trinajstić information content (AvgIpc) is 1.78. The summed E-state index contributed by atoms with van der Waals surface area (Å²) in [6, 6.07) is 0. The highest BCUT2D eigenvalue weighted by molar-refractivity contribution is 7.80. The zero-order valence-corrected chi connectivity index (χ0v) is 6.17. The molecule has 0 aliphatic heterocycles. The summed E-state index contributed by atoms with van der Waals surface area (Å²) < 4.78 is 31.7. The lowest BCUT2D eigenvalue weighted by molar-refractivity contribution is 0.236. The lowest BCUT2D eigenvalue weighted by Crippen LogP contribution is -2.05. The van der Waals surface area contributed by atoms with Crippen molar-refractivity contribution in [2.45, 2.75) is 12.8 Å². The van der Waals surface area contributed by atoms with Gasteiger partial charge in [0.2, 0.25) is 0 Å². The molecule has 0 spiro atoms. The predicted molar refractivity (Wildman–Crippen MR) is 33.8 cm³/mol. The average molecular weight is 170 g/mol. The quantitative estimate of drug-likeness (QED) is 0.432. The first-order valence-electron chi connectivity index (χ1n) is 2.79. The Bertz CT molecular complexity index is 160. The van der Waals surface area contributed by atoms with Gasteiger partial charge in [-0.1, -0.05) is 0 Å². The van der Waals surface area contributed by atoms with Gasteiger partial charge in [-0.3, -0.25) is 4.55 Å². The summed E-state index contributed by atoms with van der Waals surface area (Å²) in [4.78, 5) is 0. The fraction of sp³-hybridized carbons (Fsp3) is 1.00. The van der Waals surface area contributed by atoms with E-state index in [1.807, 2.05) is 0 Å². The first-order chi connectivity index (χ1) is 4.56. The minimum Gasteiger partial charge on any atom is -0.396 e. The van der Waals surface area contributed by atoms with Gasteiger partial charge in [0.25, 0.3) is 0 Å². The van der Waals surface area contributed by atoms with E-state index in [0.29, 0.717) is 12.8 Å². The van der Waals surface area contributed by atoms with Crippen LogP contribution in [-0.4, -0.2) is 31.3 Å². The van der Waals surface area contributed by atoms with Gasteiger partial charge in [-0.25, -0.2) is 4.18 Å². The van der Waals surface area contributed by atoms with Crippen molar-refractivity contribution in [3.05, 3.63) is 0 Å². The molecular formula is C4H10O5S. The Balaban J connectivity index is 3.21. The molecule has 0 saturated heterocycles. The molecule has 0 aliphatic carbocycles. The van der Waals surface area contributed by atoms with Crippen LogP contribution in [0.1, 0.15) is 12.8 Å². The molecule has 10 heavy (non-hydrogen) atoms. The molecule has 0 fully saturated rings. The molecule has 0 atom stereocenters. The van der Waals surface area contributed by atoms with Crippen LogP contribution in [0.15, 0.2) is 0 Å². The third-order valence-corrected chi connectivity index (χ3v) is 1.25. The van der Waals surface area contributed by atoms with Gasteiger partial charge in [0.1, 0.15) is 0 Å². The number of aliphatic hydroxyl groups excluding tert-OH is 1. The van der Waals surface area contributed by atoms with Gasteiger partial charge < -0.3 is 5.11 Å². The van der Waals surface area contributed by atoms with Gasteiger partial charge in [0, 0.05) is 6.61 Å². The van der Waals surface area contributed by atoms with E-state index in [1.165, 1.54) is 0 Å². The molecule has 0 aromatic heterocycles. The molecule has 2 N–H and O–H groups in total. The Hall–Kier alpha value is -0.170. The summed E-state index contributed by atoms with van der Waals surface area (Å²) in [5.74, 6) is 0. The van der Waals surface area contributed by atoms with Crippen molar-refractivity contribution in [1.82, 2.24) is 0 Å². The second-order valence-electron chi connectivity index (χ2n) is 1.68. The van der Waals surface area contributed by atoms with E-state index in [1.54, 1.807) is 0 Å². The fourth-order valence-corrected chi connectivity index (χ4v) is 0.707. The van der Waals surface area contributed by atoms with E-state index in [0.717, 1.165) is 0 Å². The van der Waals surface area contributed by atoms with Gasteiger partial charge in [-0.2, -0.15) is 8.42 Å². The molecule has 0 aromatic carbocycles. The van der Waals surface area contributed by atoms with Crippen molar-refractivity contribution >= 4 is 10.4 Å². The zero-order chi connectivity index (χ0) is 8.04. The van der Waals surface area contributed by atoms with Crippen LogP contribution in [0.3, 0.4) is 0 Å². The van der Waals surface area contributed by atoms with Gasteiger partial charge in [-0.15, -0.1) is 0 Å².